The van der Waals surface area contributed by atoms with E-state index in [1.807, 2.05) is 25.1 Å². The highest BCUT2D eigenvalue weighted by atomic mass is 16.7. The number of methoxy groups -OCH3 is 1. The topological polar surface area (TPSA) is 38.7 Å². The molecule has 25 heavy (non-hydrogen) atoms. The molecule has 0 heterocycles. The lowest BCUT2D eigenvalue weighted by molar-refractivity contribution is -0.266. The Morgan fingerprint density at radius 1 is 0.920 bits per heavy atom. The molecule has 2 atom stereocenters. The van der Waals surface area contributed by atoms with Crippen LogP contribution in [0.15, 0.2) is 24.3 Å². The van der Waals surface area contributed by atoms with Gasteiger partial charge < -0.3 is 14.6 Å². The average molecular weight is 351 g/mol. The monoisotopic (exact) mass is 350 g/mol. The second-order valence-corrected chi connectivity index (χ2v) is 6.86. The molecule has 144 valence electrons. The van der Waals surface area contributed by atoms with E-state index in [9.17, 15) is 5.11 Å². The Kier molecular flexibility index (Phi) is 10.8. The van der Waals surface area contributed by atoms with Crippen molar-refractivity contribution >= 4 is 0 Å². The van der Waals surface area contributed by atoms with Gasteiger partial charge in [0.25, 0.3) is 0 Å². The summed E-state index contributed by atoms with van der Waals surface area (Å²) in [7, 11) is 1.70. The maximum atomic E-state index is 10.4. The number of phenols is 1. The first-order valence-electron chi connectivity index (χ1n) is 10.1. The maximum absolute atomic E-state index is 10.4. The van der Waals surface area contributed by atoms with Gasteiger partial charge in [0.2, 0.25) is 5.79 Å². The van der Waals surface area contributed by atoms with Crippen molar-refractivity contribution in [2.75, 3.05) is 13.7 Å². The van der Waals surface area contributed by atoms with Crippen LogP contribution < -0.4 is 0 Å². The predicted molar refractivity (Wildman–Crippen MR) is 105 cm³/mol. The number of para-hydroxylation sites is 1. The van der Waals surface area contributed by atoms with E-state index in [1.54, 1.807) is 13.2 Å². The Hall–Kier alpha value is -1.06. The lowest BCUT2D eigenvalue weighted by Crippen LogP contribution is -2.40. The Morgan fingerprint density at radius 2 is 1.60 bits per heavy atom. The van der Waals surface area contributed by atoms with E-state index >= 15 is 0 Å². The molecule has 0 aliphatic heterocycles. The normalized spacial score (nSPS) is 15.0. The Bertz CT molecular complexity index is 460. The fourth-order valence-corrected chi connectivity index (χ4v) is 3.78. The minimum absolute atomic E-state index is 0.238. The zero-order valence-corrected chi connectivity index (χ0v) is 16.7. The number of benzene rings is 1. The lowest BCUT2D eigenvalue weighted by Gasteiger charge is -2.40. The second-order valence-electron chi connectivity index (χ2n) is 6.86. The number of ether oxygens (including phenoxy) is 2. The van der Waals surface area contributed by atoms with Crippen molar-refractivity contribution in [3.05, 3.63) is 29.8 Å². The van der Waals surface area contributed by atoms with Crippen LogP contribution in [0.3, 0.4) is 0 Å². The molecular weight excluding hydrogens is 312 g/mol. The fraction of sp³-hybridized carbons (Fsp3) is 0.727. The summed E-state index contributed by atoms with van der Waals surface area (Å²) in [4.78, 5) is 0. The van der Waals surface area contributed by atoms with Crippen LogP contribution in [-0.4, -0.2) is 18.8 Å². The summed E-state index contributed by atoms with van der Waals surface area (Å²) in [6.45, 7) is 6.99. The lowest BCUT2D eigenvalue weighted by atomic mass is 9.83. The Balaban J connectivity index is 2.92. The van der Waals surface area contributed by atoms with Gasteiger partial charge in [-0.2, -0.15) is 0 Å². The molecule has 1 aromatic carbocycles. The van der Waals surface area contributed by atoms with Crippen molar-refractivity contribution in [3.63, 3.8) is 0 Å². The Morgan fingerprint density at radius 3 is 2.20 bits per heavy atom. The van der Waals surface area contributed by atoms with Crippen LogP contribution >= 0.6 is 0 Å². The van der Waals surface area contributed by atoms with Crippen molar-refractivity contribution < 1.29 is 14.6 Å². The quantitative estimate of drug-likeness (QED) is 0.312. The minimum atomic E-state index is -0.862. The van der Waals surface area contributed by atoms with Gasteiger partial charge in [0, 0.05) is 19.6 Å². The van der Waals surface area contributed by atoms with Gasteiger partial charge in [0.1, 0.15) is 5.75 Å². The molecule has 0 aromatic heterocycles. The molecule has 0 radical (unpaired) electrons. The van der Waals surface area contributed by atoms with E-state index in [4.69, 9.17) is 9.47 Å². The van der Waals surface area contributed by atoms with Crippen LogP contribution in [-0.2, 0) is 15.3 Å². The van der Waals surface area contributed by atoms with Crippen molar-refractivity contribution in [1.29, 1.82) is 0 Å². The molecule has 1 rings (SSSR count). The summed E-state index contributed by atoms with van der Waals surface area (Å²) >= 11 is 0. The van der Waals surface area contributed by atoms with Crippen LogP contribution in [0.4, 0.5) is 0 Å². The molecule has 0 saturated carbocycles. The van der Waals surface area contributed by atoms with Crippen molar-refractivity contribution in [1.82, 2.24) is 0 Å². The zero-order chi connectivity index (χ0) is 18.5. The molecule has 3 nitrogen and oxygen atoms in total. The third kappa shape index (κ3) is 6.31. The minimum Gasteiger partial charge on any atom is -0.507 e. The first-order chi connectivity index (χ1) is 12.2. The van der Waals surface area contributed by atoms with E-state index < -0.39 is 5.79 Å². The largest absolute Gasteiger partial charge is 0.507 e. The molecule has 0 spiro atoms. The Labute approximate surface area is 154 Å². The third-order valence-corrected chi connectivity index (χ3v) is 5.02. The van der Waals surface area contributed by atoms with E-state index in [0.29, 0.717) is 6.61 Å². The summed E-state index contributed by atoms with van der Waals surface area (Å²) in [5, 5.41) is 10.4. The van der Waals surface area contributed by atoms with Crippen LogP contribution in [0.25, 0.3) is 0 Å². The standard InChI is InChI=1S/C22H38O3/c1-5-8-9-10-11-12-16-19(15-6-2)22(24-4,25-7-3)20-17-13-14-18-21(20)23/h13-14,17-19,23H,5-12,15-16H2,1-4H3. The van der Waals surface area contributed by atoms with E-state index in [1.165, 1.54) is 38.5 Å². The van der Waals surface area contributed by atoms with Gasteiger partial charge >= 0.3 is 0 Å². The number of hydrogen-bond donors (Lipinski definition) is 1. The molecule has 0 amide bonds. The van der Waals surface area contributed by atoms with Crippen molar-refractivity contribution in [2.24, 2.45) is 5.92 Å². The predicted octanol–water partition coefficient (Wildman–Crippen LogP) is 6.39. The van der Waals surface area contributed by atoms with Crippen LogP contribution in [0.5, 0.6) is 5.75 Å². The first kappa shape index (κ1) is 22.0. The van der Waals surface area contributed by atoms with E-state index in [-0.39, 0.29) is 11.7 Å². The second kappa shape index (κ2) is 12.3. The average Bonchev–Trinajstić information content (AvgIpc) is 2.62. The zero-order valence-electron chi connectivity index (χ0n) is 16.7. The van der Waals surface area contributed by atoms with Gasteiger partial charge in [-0.3, -0.25) is 0 Å². The van der Waals surface area contributed by atoms with E-state index in [0.717, 1.165) is 24.8 Å². The SMILES string of the molecule is CCCCCCCCC(CCC)C(OC)(OCC)c1ccccc1O. The summed E-state index contributed by atoms with van der Waals surface area (Å²) in [6, 6.07) is 7.43. The van der Waals surface area contributed by atoms with Gasteiger partial charge in [-0.25, -0.2) is 0 Å². The van der Waals surface area contributed by atoms with Crippen LogP contribution in [0.2, 0.25) is 0 Å². The number of hydrogen-bond acceptors (Lipinski definition) is 3. The van der Waals surface area contributed by atoms with Gasteiger partial charge in [-0.15, -0.1) is 0 Å². The molecular formula is C22H38O3. The first-order valence-corrected chi connectivity index (χ1v) is 10.1. The summed E-state index contributed by atoms with van der Waals surface area (Å²) in [6.07, 6.45) is 10.8. The smallest absolute Gasteiger partial charge is 0.201 e. The number of phenolic OH excluding ortho intramolecular Hbond substituents is 1. The van der Waals surface area contributed by atoms with Crippen LogP contribution in [0, 0.1) is 5.92 Å². The molecule has 0 saturated heterocycles. The molecule has 3 heteroatoms. The fourth-order valence-electron chi connectivity index (χ4n) is 3.78. The van der Waals surface area contributed by atoms with Crippen molar-refractivity contribution in [3.8, 4) is 5.75 Å². The van der Waals surface area contributed by atoms with Gasteiger partial charge in [-0.1, -0.05) is 70.9 Å². The summed E-state index contributed by atoms with van der Waals surface area (Å²) in [5.74, 6) is -0.372. The molecule has 1 N–H and O–H groups in total. The van der Waals surface area contributed by atoms with E-state index in [2.05, 4.69) is 13.8 Å². The highest BCUT2D eigenvalue weighted by molar-refractivity contribution is 5.36. The maximum Gasteiger partial charge on any atom is 0.201 e. The third-order valence-electron chi connectivity index (χ3n) is 5.02. The molecule has 0 aliphatic carbocycles. The van der Waals surface area contributed by atoms with Gasteiger partial charge in [0.05, 0.1) is 5.56 Å². The molecule has 0 bridgehead atoms. The highest BCUT2D eigenvalue weighted by Gasteiger charge is 2.42. The van der Waals surface area contributed by atoms with Crippen LogP contribution in [0.1, 0.15) is 84.1 Å². The number of aromatic hydroxyl groups is 1. The highest BCUT2D eigenvalue weighted by Crippen LogP contribution is 2.43. The molecule has 0 aliphatic rings. The number of rotatable bonds is 14. The molecule has 0 fully saturated rings. The van der Waals surface area contributed by atoms with Crippen molar-refractivity contribution in [2.45, 2.75) is 84.3 Å². The van der Waals surface area contributed by atoms with Gasteiger partial charge in [0.15, 0.2) is 0 Å². The van der Waals surface area contributed by atoms with Gasteiger partial charge in [-0.05, 0) is 31.9 Å². The molecule has 1 aromatic rings. The number of unbranched alkanes of at least 4 members (excludes halogenated alkanes) is 5. The summed E-state index contributed by atoms with van der Waals surface area (Å²) < 4.78 is 12.1. The molecule has 2 unspecified atom stereocenters. The summed E-state index contributed by atoms with van der Waals surface area (Å²) in [5.41, 5.74) is 0.754.